The molecule has 0 spiro atoms. The van der Waals surface area contributed by atoms with Crippen LogP contribution >= 0.6 is 0 Å². The van der Waals surface area contributed by atoms with E-state index in [0.717, 1.165) is 27.9 Å². The first-order valence-corrected chi connectivity index (χ1v) is 14.9. The number of hydrogen-bond donors (Lipinski definition) is 6. The molecular formula is C34H43N5O5. The fourth-order valence-corrected chi connectivity index (χ4v) is 5.74. The van der Waals surface area contributed by atoms with Crippen LogP contribution in [-0.4, -0.2) is 59.9 Å². The van der Waals surface area contributed by atoms with Crippen LogP contribution in [0.4, 0.5) is 16.2 Å². The quantitative estimate of drug-likeness (QED) is 0.208. The number of nitrogens with one attached hydrogen (secondary N) is 3. The molecule has 0 saturated carbocycles. The van der Waals surface area contributed by atoms with E-state index < -0.39 is 36.1 Å². The van der Waals surface area contributed by atoms with Crippen molar-refractivity contribution in [2.45, 2.75) is 64.3 Å². The van der Waals surface area contributed by atoms with E-state index in [2.05, 4.69) is 16.0 Å². The minimum Gasteiger partial charge on any atom is -0.394 e. The number of urea groups is 1. The molecule has 0 aliphatic carbocycles. The summed E-state index contributed by atoms with van der Waals surface area (Å²) in [4.78, 5) is 41.1. The minimum absolute atomic E-state index is 0.0161. The number of carbonyl (C=O) groups excluding carboxylic acids is 3. The number of aliphatic hydroxyl groups excluding tert-OH is 2. The Bertz CT molecular complexity index is 1470. The van der Waals surface area contributed by atoms with Crippen molar-refractivity contribution in [2.75, 3.05) is 23.9 Å². The van der Waals surface area contributed by atoms with E-state index in [0.29, 0.717) is 12.1 Å². The highest BCUT2D eigenvalue weighted by atomic mass is 16.3. The summed E-state index contributed by atoms with van der Waals surface area (Å²) in [7, 11) is 1.56. The maximum Gasteiger partial charge on any atom is 0.318 e. The second kappa shape index (κ2) is 14.0. The predicted molar refractivity (Wildman–Crippen MR) is 172 cm³/mol. The summed E-state index contributed by atoms with van der Waals surface area (Å²) in [5.41, 5.74) is 10.7. The lowest BCUT2D eigenvalue weighted by Gasteiger charge is -2.33. The van der Waals surface area contributed by atoms with Gasteiger partial charge in [-0.2, -0.15) is 0 Å². The number of nitrogens with two attached hydrogens (primary N) is 1. The van der Waals surface area contributed by atoms with Crippen molar-refractivity contribution < 1.29 is 24.6 Å². The number of aliphatic hydroxyl groups is 2. The van der Waals surface area contributed by atoms with Crippen LogP contribution < -0.4 is 26.6 Å². The summed E-state index contributed by atoms with van der Waals surface area (Å²) in [5.74, 6) is -0.734. The fraction of sp³-hybridized carbons (Fsp3) is 0.382. The molecule has 3 unspecified atom stereocenters. The molecule has 1 heterocycles. The van der Waals surface area contributed by atoms with Gasteiger partial charge in [0, 0.05) is 18.3 Å². The van der Waals surface area contributed by atoms with Crippen molar-refractivity contribution in [1.82, 2.24) is 10.6 Å². The first-order valence-electron chi connectivity index (χ1n) is 14.9. The molecule has 10 nitrogen and oxygen atoms in total. The van der Waals surface area contributed by atoms with Gasteiger partial charge >= 0.3 is 6.03 Å². The predicted octanol–water partition coefficient (Wildman–Crippen LogP) is 3.73. The highest BCUT2D eigenvalue weighted by Gasteiger charge is 2.38. The molecule has 0 radical (unpaired) electrons. The molecule has 0 aromatic heterocycles. The van der Waals surface area contributed by atoms with Gasteiger partial charge < -0.3 is 36.8 Å². The van der Waals surface area contributed by atoms with Gasteiger partial charge in [0.05, 0.1) is 31.0 Å². The van der Waals surface area contributed by atoms with E-state index in [1.165, 1.54) is 0 Å². The molecule has 3 aromatic rings. The Morgan fingerprint density at radius 1 is 1.05 bits per heavy atom. The lowest BCUT2D eigenvalue weighted by Crippen LogP contribution is -2.56. The van der Waals surface area contributed by atoms with Crippen LogP contribution in [0.2, 0.25) is 0 Å². The molecule has 10 heteroatoms. The van der Waals surface area contributed by atoms with E-state index in [1.54, 1.807) is 25.8 Å². The smallest absolute Gasteiger partial charge is 0.318 e. The highest BCUT2D eigenvalue weighted by molar-refractivity contribution is 6.01. The van der Waals surface area contributed by atoms with Crippen LogP contribution in [0.25, 0.3) is 11.1 Å². The van der Waals surface area contributed by atoms with Crippen LogP contribution in [0.1, 0.15) is 50.7 Å². The number of anilines is 2. The van der Waals surface area contributed by atoms with Crippen molar-refractivity contribution in [1.29, 1.82) is 0 Å². The molecule has 1 aliphatic rings. The van der Waals surface area contributed by atoms with E-state index in [9.17, 15) is 24.6 Å². The number of hydrogen-bond acceptors (Lipinski definition) is 6. The van der Waals surface area contributed by atoms with Gasteiger partial charge in [-0.1, -0.05) is 81.4 Å². The van der Waals surface area contributed by atoms with Crippen molar-refractivity contribution in [3.05, 3.63) is 83.9 Å². The van der Waals surface area contributed by atoms with Crippen LogP contribution in [0.15, 0.2) is 72.8 Å². The van der Waals surface area contributed by atoms with Gasteiger partial charge in [0.15, 0.2) is 0 Å². The number of fused-ring (bicyclic) bond motifs is 1. The van der Waals surface area contributed by atoms with E-state index in [1.807, 2.05) is 79.7 Å². The zero-order valence-electron chi connectivity index (χ0n) is 25.7. The molecule has 44 heavy (non-hydrogen) atoms. The minimum atomic E-state index is -1.00. The van der Waals surface area contributed by atoms with E-state index >= 15 is 0 Å². The normalized spacial score (nSPS) is 18.1. The third-order valence-electron chi connectivity index (χ3n) is 8.33. The molecular weight excluding hydrogens is 558 g/mol. The molecule has 4 rings (SSSR count). The Morgan fingerprint density at radius 3 is 2.39 bits per heavy atom. The Hall–Kier alpha value is -4.25. The van der Waals surface area contributed by atoms with Gasteiger partial charge in [-0.25, -0.2) is 4.79 Å². The average Bonchev–Trinajstić information content (AvgIpc) is 3.11. The van der Waals surface area contributed by atoms with Gasteiger partial charge in [0.2, 0.25) is 11.8 Å². The SMILES string of the molecule is CNC(=O)Nc1ccccc1-c1ccc(CN2C(=O)C(NC(=O)C(N)C(C)(C)C[C@H](O)CO)CC(C)c3ccccc32)cc1. The molecule has 4 atom stereocenters. The maximum atomic E-state index is 14.1. The van der Waals surface area contributed by atoms with Crippen LogP contribution in [0.5, 0.6) is 0 Å². The van der Waals surface area contributed by atoms with Gasteiger partial charge in [-0.3, -0.25) is 9.59 Å². The number of carbonyl (C=O) groups is 3. The van der Waals surface area contributed by atoms with Crippen LogP contribution in [0, 0.1) is 5.41 Å². The summed E-state index contributed by atoms with van der Waals surface area (Å²) in [6.45, 7) is 5.41. The molecule has 0 fully saturated rings. The fourth-order valence-electron chi connectivity index (χ4n) is 5.74. The molecule has 4 amide bonds. The lowest BCUT2D eigenvalue weighted by molar-refractivity contribution is -0.130. The standard InChI is InChI=1S/C34H43N5O5/c1-21-17-28(37-31(42)30(35)34(2,3)18-24(41)20-40)32(43)39(29-12-8-6-9-25(21)29)19-22-13-15-23(16-14-22)26-10-5-7-11-27(26)38-33(44)36-4/h5-16,21,24,28,30,40-41H,17-20,35H2,1-4H3,(H,37,42)(H2,36,38,44)/t21?,24-,28?,30?/m0/s1. The molecule has 0 saturated heterocycles. The summed E-state index contributed by atoms with van der Waals surface area (Å²) in [6.07, 6.45) is -0.466. The van der Waals surface area contributed by atoms with Gasteiger partial charge in [-0.15, -0.1) is 0 Å². The average molecular weight is 602 g/mol. The number of amides is 4. The van der Waals surface area contributed by atoms with Crippen molar-refractivity contribution in [3.8, 4) is 11.1 Å². The van der Waals surface area contributed by atoms with Gasteiger partial charge in [0.1, 0.15) is 6.04 Å². The summed E-state index contributed by atoms with van der Waals surface area (Å²) in [6, 6.07) is 21.0. The summed E-state index contributed by atoms with van der Waals surface area (Å²) < 4.78 is 0. The summed E-state index contributed by atoms with van der Waals surface area (Å²) in [5, 5.41) is 27.6. The molecule has 234 valence electrons. The Labute approximate surface area is 258 Å². The topological polar surface area (TPSA) is 157 Å². The number of rotatable bonds is 10. The number of benzene rings is 3. The highest BCUT2D eigenvalue weighted by Crippen LogP contribution is 2.36. The molecule has 7 N–H and O–H groups in total. The maximum absolute atomic E-state index is 14.1. The van der Waals surface area contributed by atoms with Crippen molar-refractivity contribution >= 4 is 29.2 Å². The van der Waals surface area contributed by atoms with Crippen LogP contribution in [-0.2, 0) is 16.1 Å². The monoisotopic (exact) mass is 601 g/mol. The zero-order valence-corrected chi connectivity index (χ0v) is 25.7. The van der Waals surface area contributed by atoms with Gasteiger partial charge in [0.25, 0.3) is 0 Å². The summed E-state index contributed by atoms with van der Waals surface area (Å²) >= 11 is 0. The van der Waals surface area contributed by atoms with Gasteiger partial charge in [-0.05, 0) is 53.0 Å². The Morgan fingerprint density at radius 2 is 1.70 bits per heavy atom. The largest absolute Gasteiger partial charge is 0.394 e. The lowest BCUT2D eigenvalue weighted by atomic mass is 9.79. The van der Waals surface area contributed by atoms with E-state index in [-0.39, 0.29) is 30.8 Å². The Balaban J connectivity index is 1.59. The zero-order chi connectivity index (χ0) is 32.0. The first kappa shape index (κ1) is 32.7. The molecule has 0 bridgehead atoms. The van der Waals surface area contributed by atoms with Crippen LogP contribution in [0.3, 0.4) is 0 Å². The third-order valence-corrected chi connectivity index (χ3v) is 8.33. The molecule has 1 aliphatic heterocycles. The number of para-hydroxylation sites is 2. The third kappa shape index (κ3) is 7.45. The Kier molecular flexibility index (Phi) is 10.4. The second-order valence-corrected chi connectivity index (χ2v) is 12.1. The number of nitrogens with zero attached hydrogens (tertiary/aromatic N) is 1. The van der Waals surface area contributed by atoms with Crippen molar-refractivity contribution in [3.63, 3.8) is 0 Å². The molecule has 3 aromatic carbocycles. The van der Waals surface area contributed by atoms with E-state index in [4.69, 9.17) is 5.73 Å². The van der Waals surface area contributed by atoms with Crippen molar-refractivity contribution in [2.24, 2.45) is 11.1 Å². The second-order valence-electron chi connectivity index (χ2n) is 12.1. The first-order chi connectivity index (χ1) is 20.9.